The van der Waals surface area contributed by atoms with Gasteiger partial charge in [0, 0.05) is 43.7 Å². The minimum Gasteiger partial charge on any atom is -0.481 e. The summed E-state index contributed by atoms with van der Waals surface area (Å²) in [6.45, 7) is 8.67. The van der Waals surface area contributed by atoms with Gasteiger partial charge in [-0.15, -0.1) is 0 Å². The third kappa shape index (κ3) is 8.94. The van der Waals surface area contributed by atoms with Crippen LogP contribution in [0, 0.1) is 0 Å². The van der Waals surface area contributed by atoms with Gasteiger partial charge in [0.25, 0.3) is 0 Å². The van der Waals surface area contributed by atoms with Crippen molar-refractivity contribution in [3.63, 3.8) is 0 Å². The van der Waals surface area contributed by atoms with E-state index in [1.807, 2.05) is 24.3 Å². The number of aryl methyl sites for hydroxylation is 1. The summed E-state index contributed by atoms with van der Waals surface area (Å²) < 4.78 is 67.0. The van der Waals surface area contributed by atoms with Crippen molar-refractivity contribution in [3.8, 4) is 0 Å². The molecule has 3 aromatic rings. The molecule has 0 unspecified atom stereocenters. The predicted octanol–water partition coefficient (Wildman–Crippen LogP) is 5.26. The third-order valence-corrected chi connectivity index (χ3v) is 8.01. The summed E-state index contributed by atoms with van der Waals surface area (Å²) in [5, 5.41) is 15.5. The second kappa shape index (κ2) is 14.0. The van der Waals surface area contributed by atoms with Crippen LogP contribution in [0.3, 0.4) is 0 Å². The number of aromatic nitrogens is 1. The van der Waals surface area contributed by atoms with Gasteiger partial charge < -0.3 is 15.7 Å². The highest BCUT2D eigenvalue weighted by atomic mass is 32.2. The smallest absolute Gasteiger partial charge is 0.416 e. The number of alkyl halides is 3. The molecule has 0 amide bonds. The summed E-state index contributed by atoms with van der Waals surface area (Å²) in [7, 11) is -3.97. The fourth-order valence-electron chi connectivity index (χ4n) is 4.35. The molecule has 1 aliphatic heterocycles. The summed E-state index contributed by atoms with van der Waals surface area (Å²) in [5.41, 5.74) is 1.47. The number of rotatable bonds is 9. The van der Waals surface area contributed by atoms with Crippen LogP contribution >= 0.6 is 0 Å². The molecule has 1 fully saturated rings. The van der Waals surface area contributed by atoms with Crippen LogP contribution in [-0.2, 0) is 27.4 Å². The number of nitrogens with zero attached hydrogens (tertiary/aromatic N) is 1. The van der Waals surface area contributed by atoms with Gasteiger partial charge in [-0.3, -0.25) is 4.79 Å². The molecule has 4 rings (SSSR count). The Bertz CT molecular complexity index is 1410. The van der Waals surface area contributed by atoms with Crippen molar-refractivity contribution >= 4 is 33.0 Å². The number of carboxylic acid groups (broad SMARTS) is 1. The molecule has 0 aliphatic carbocycles. The number of nitrogens with one attached hydrogen (secondary N) is 2. The molecule has 0 spiro atoms. The number of carbonyl (C=O) groups is 1. The Morgan fingerprint density at radius 3 is 2.30 bits per heavy atom. The maximum Gasteiger partial charge on any atom is 0.416 e. The first-order chi connectivity index (χ1) is 18.9. The van der Waals surface area contributed by atoms with Crippen molar-refractivity contribution in [2.75, 3.05) is 31.9 Å². The number of fused-ring (bicyclic) bond motifs is 1. The number of piperazine rings is 1. The van der Waals surface area contributed by atoms with Gasteiger partial charge in [0.1, 0.15) is 0 Å². The quantitative estimate of drug-likeness (QED) is 0.320. The van der Waals surface area contributed by atoms with E-state index in [4.69, 9.17) is 5.11 Å². The molecule has 3 N–H and O–H groups in total. The zero-order chi connectivity index (χ0) is 29.3. The molecule has 11 heteroatoms. The topological polar surface area (TPSA) is 100 Å². The lowest BCUT2D eigenvalue weighted by molar-refractivity contribution is -0.138. The van der Waals surface area contributed by atoms with Crippen molar-refractivity contribution in [3.05, 3.63) is 77.0 Å². The number of halogens is 3. The molecule has 1 aromatic heterocycles. The zero-order valence-corrected chi connectivity index (χ0v) is 23.5. The summed E-state index contributed by atoms with van der Waals surface area (Å²) in [6, 6.07) is 12.0. The monoisotopic (exact) mass is 579 g/mol. The largest absolute Gasteiger partial charge is 0.481 e. The Kier molecular flexibility index (Phi) is 11.0. The van der Waals surface area contributed by atoms with Crippen molar-refractivity contribution in [2.24, 2.45) is 0 Å². The minimum atomic E-state index is -4.56. The molecule has 0 atom stereocenters. The van der Waals surface area contributed by atoms with E-state index in [0.717, 1.165) is 59.5 Å². The summed E-state index contributed by atoms with van der Waals surface area (Å²) in [6.07, 6.45) is -1.28. The molecular formula is C29H36F3N3O4S. The second-order valence-electron chi connectivity index (χ2n) is 9.92. The standard InChI is InChI=1S/C25H26F3NO4S.C4H10N2/c1-17(2)19-8-3-6-18(14-19)7-5-13-34(32,33)29-22(9-4-10-24(30)31)16-20-15-21(25(26,27)28)11-12-23(20)29;1-2-6-4-3-5-1/h3,5-8,11-12,14-17H,4,9-10,13H2,1-2H3,(H,30,31);5-6H,1-4H2. The Hall–Kier alpha value is -3.15. The molecule has 2 aromatic carbocycles. The van der Waals surface area contributed by atoms with E-state index in [1.54, 1.807) is 6.08 Å². The highest BCUT2D eigenvalue weighted by Gasteiger charge is 2.31. The minimum absolute atomic E-state index is 0.0989. The summed E-state index contributed by atoms with van der Waals surface area (Å²) >= 11 is 0. The first-order valence-corrected chi connectivity index (χ1v) is 14.8. The van der Waals surface area contributed by atoms with Crippen LogP contribution in [0.5, 0.6) is 0 Å². The van der Waals surface area contributed by atoms with Gasteiger partial charge in [-0.1, -0.05) is 50.3 Å². The molecule has 1 aliphatic rings. The van der Waals surface area contributed by atoms with Gasteiger partial charge in [0.05, 0.1) is 16.8 Å². The molecule has 2 heterocycles. The van der Waals surface area contributed by atoms with Crippen molar-refractivity contribution in [1.29, 1.82) is 0 Å². The molecule has 0 bridgehead atoms. The predicted molar refractivity (Wildman–Crippen MR) is 152 cm³/mol. The summed E-state index contributed by atoms with van der Waals surface area (Å²) in [5.74, 6) is -1.08. The van der Waals surface area contributed by atoms with Gasteiger partial charge in [-0.05, 0) is 54.2 Å². The maximum absolute atomic E-state index is 13.2. The molecule has 40 heavy (non-hydrogen) atoms. The molecular weight excluding hydrogens is 543 g/mol. The lowest BCUT2D eigenvalue weighted by Gasteiger charge is -2.11. The lowest BCUT2D eigenvalue weighted by atomic mass is 10.0. The van der Waals surface area contributed by atoms with Crippen molar-refractivity contribution < 1.29 is 31.5 Å². The number of benzene rings is 2. The van der Waals surface area contributed by atoms with E-state index in [0.29, 0.717) is 5.92 Å². The Labute approximate surface area is 233 Å². The summed E-state index contributed by atoms with van der Waals surface area (Å²) in [4.78, 5) is 10.9. The molecule has 1 saturated heterocycles. The lowest BCUT2D eigenvalue weighted by Crippen LogP contribution is -2.39. The highest BCUT2D eigenvalue weighted by molar-refractivity contribution is 7.90. The van der Waals surface area contributed by atoms with Crippen LogP contribution in [0.25, 0.3) is 17.0 Å². The molecule has 218 valence electrons. The number of hydrogen-bond acceptors (Lipinski definition) is 5. The Morgan fingerprint density at radius 2 is 1.73 bits per heavy atom. The van der Waals surface area contributed by atoms with E-state index in [9.17, 15) is 26.4 Å². The average molecular weight is 580 g/mol. The normalized spacial score (nSPS) is 14.4. The number of hydrogen-bond donors (Lipinski definition) is 3. The van der Waals surface area contributed by atoms with E-state index in [1.165, 1.54) is 12.1 Å². The molecule has 0 radical (unpaired) electrons. The van der Waals surface area contributed by atoms with Gasteiger partial charge >= 0.3 is 12.1 Å². The van der Waals surface area contributed by atoms with Gasteiger partial charge in [-0.25, -0.2) is 12.4 Å². The molecule has 0 saturated carbocycles. The fraction of sp³-hybridized carbons (Fsp3) is 0.414. The number of aliphatic carboxylic acids is 1. The fourth-order valence-corrected chi connectivity index (χ4v) is 5.81. The van der Waals surface area contributed by atoms with Crippen LogP contribution in [0.15, 0.2) is 54.6 Å². The molecule has 7 nitrogen and oxygen atoms in total. The maximum atomic E-state index is 13.2. The number of carboxylic acids is 1. The van der Waals surface area contributed by atoms with Gasteiger partial charge in [0.15, 0.2) is 0 Å². The third-order valence-electron chi connectivity index (χ3n) is 6.41. The van der Waals surface area contributed by atoms with Crippen LogP contribution in [0.2, 0.25) is 0 Å². The van der Waals surface area contributed by atoms with Crippen LogP contribution in [-0.4, -0.2) is 55.4 Å². The Balaban J connectivity index is 0.000000649. The van der Waals surface area contributed by atoms with Crippen LogP contribution in [0.4, 0.5) is 13.2 Å². The SMILES string of the molecule is C1CNCCN1.CC(C)c1cccc(C=CCS(=O)(=O)n2c(CCCC(=O)O)cc3cc(C(F)(F)F)ccc32)c1. The highest BCUT2D eigenvalue weighted by Crippen LogP contribution is 2.33. The van der Waals surface area contributed by atoms with Crippen LogP contribution < -0.4 is 10.6 Å². The van der Waals surface area contributed by atoms with Crippen molar-refractivity contribution in [2.45, 2.75) is 45.2 Å². The zero-order valence-electron chi connectivity index (χ0n) is 22.7. The first kappa shape index (κ1) is 31.4. The van der Waals surface area contributed by atoms with E-state index < -0.39 is 27.7 Å². The van der Waals surface area contributed by atoms with Gasteiger partial charge in [-0.2, -0.15) is 13.2 Å². The first-order valence-electron chi connectivity index (χ1n) is 13.2. The van der Waals surface area contributed by atoms with E-state index in [2.05, 4.69) is 24.5 Å². The van der Waals surface area contributed by atoms with E-state index >= 15 is 0 Å². The average Bonchev–Trinajstić information content (AvgIpc) is 3.28. The van der Waals surface area contributed by atoms with Crippen LogP contribution in [0.1, 0.15) is 55.0 Å². The van der Waals surface area contributed by atoms with E-state index in [-0.39, 0.29) is 41.6 Å². The van der Waals surface area contributed by atoms with Gasteiger partial charge in [0.2, 0.25) is 10.0 Å². The second-order valence-corrected chi connectivity index (χ2v) is 11.8. The van der Waals surface area contributed by atoms with Crippen molar-refractivity contribution in [1.82, 2.24) is 14.6 Å². The Morgan fingerprint density at radius 1 is 1.05 bits per heavy atom.